The predicted octanol–water partition coefficient (Wildman–Crippen LogP) is 6.88. The van der Waals surface area contributed by atoms with Crippen molar-refractivity contribution in [1.82, 2.24) is 4.98 Å². The topological polar surface area (TPSA) is 30.0 Å². The van der Waals surface area contributed by atoms with Gasteiger partial charge in [-0.1, -0.05) is 65.5 Å². The van der Waals surface area contributed by atoms with E-state index in [9.17, 15) is 4.79 Å². The van der Waals surface area contributed by atoms with Gasteiger partial charge >= 0.3 is 0 Å². The molecule has 1 aromatic carbocycles. The molecule has 2 rings (SSSR count). The molecular weight excluding hydrogens is 330 g/mol. The summed E-state index contributed by atoms with van der Waals surface area (Å²) in [5, 5.41) is 0. The molecule has 0 aliphatic heterocycles. The Bertz CT molecular complexity index is 698. The van der Waals surface area contributed by atoms with E-state index in [2.05, 4.69) is 77.4 Å². The fourth-order valence-corrected chi connectivity index (χ4v) is 2.33. The number of carbonyl (C=O) groups excluding carboxylic acids is 1. The standard InChI is InChI=1S/C14H22.C7H9N.C4H6O/c1-10(2)13-8-7-12(9-11(13)3)14(4,5)6;1-6-3-4-7(2)8-5-6;1-3-4(2)5/h7-10H,1-6H3;3-5H,1-2H3;3H,1H2,2H3. The fourth-order valence-electron chi connectivity index (χ4n) is 2.33. The van der Waals surface area contributed by atoms with Gasteiger partial charge in [-0.2, -0.15) is 0 Å². The van der Waals surface area contributed by atoms with E-state index in [1.165, 1.54) is 35.3 Å². The third-order valence-electron chi connectivity index (χ3n) is 4.10. The van der Waals surface area contributed by atoms with Gasteiger partial charge in [0.05, 0.1) is 0 Å². The van der Waals surface area contributed by atoms with Crippen LogP contribution in [0.5, 0.6) is 0 Å². The van der Waals surface area contributed by atoms with Gasteiger partial charge in [0.1, 0.15) is 0 Å². The maximum Gasteiger partial charge on any atom is 0.152 e. The normalized spacial score (nSPS) is 10.3. The fraction of sp³-hybridized carbons (Fsp3) is 0.440. The average molecular weight is 368 g/mol. The molecular formula is C25H37NO. The number of carbonyl (C=O) groups is 1. The van der Waals surface area contributed by atoms with E-state index in [1.54, 1.807) is 0 Å². The molecule has 1 heterocycles. The smallest absolute Gasteiger partial charge is 0.152 e. The third kappa shape index (κ3) is 10.5. The van der Waals surface area contributed by atoms with Gasteiger partial charge in [-0.25, -0.2) is 0 Å². The number of benzene rings is 1. The van der Waals surface area contributed by atoms with Crippen molar-refractivity contribution in [2.45, 2.75) is 73.6 Å². The molecule has 2 nitrogen and oxygen atoms in total. The molecule has 0 aliphatic carbocycles. The second-order valence-electron chi connectivity index (χ2n) is 8.27. The maximum atomic E-state index is 9.69. The van der Waals surface area contributed by atoms with Crippen molar-refractivity contribution in [3.8, 4) is 0 Å². The second-order valence-corrected chi connectivity index (χ2v) is 8.27. The van der Waals surface area contributed by atoms with Crippen molar-refractivity contribution in [3.05, 3.63) is 77.1 Å². The Morgan fingerprint density at radius 1 is 1.07 bits per heavy atom. The molecule has 1 aromatic heterocycles. The first kappa shape index (κ1) is 24.8. The summed E-state index contributed by atoms with van der Waals surface area (Å²) >= 11 is 0. The van der Waals surface area contributed by atoms with E-state index in [0.29, 0.717) is 5.92 Å². The van der Waals surface area contributed by atoms with Gasteiger partial charge in [-0.15, -0.1) is 0 Å². The first-order valence-corrected chi connectivity index (χ1v) is 9.51. The molecule has 148 valence electrons. The predicted molar refractivity (Wildman–Crippen MR) is 119 cm³/mol. The molecule has 0 spiro atoms. The lowest BCUT2D eigenvalue weighted by molar-refractivity contribution is -0.112. The van der Waals surface area contributed by atoms with Crippen LogP contribution in [-0.4, -0.2) is 10.8 Å². The summed E-state index contributed by atoms with van der Waals surface area (Å²) in [7, 11) is 0. The number of hydrogen-bond acceptors (Lipinski definition) is 2. The molecule has 0 aliphatic rings. The number of aromatic nitrogens is 1. The minimum absolute atomic E-state index is 0.0185. The number of nitrogens with zero attached hydrogens (tertiary/aromatic N) is 1. The van der Waals surface area contributed by atoms with Crippen LogP contribution in [0.3, 0.4) is 0 Å². The van der Waals surface area contributed by atoms with Crippen LogP contribution in [0.15, 0.2) is 49.2 Å². The number of pyridine rings is 1. The summed E-state index contributed by atoms with van der Waals surface area (Å²) in [4.78, 5) is 13.8. The van der Waals surface area contributed by atoms with Crippen LogP contribution < -0.4 is 0 Å². The number of hydrogen-bond donors (Lipinski definition) is 0. The summed E-state index contributed by atoms with van der Waals surface area (Å²) in [5.41, 5.74) is 6.89. The van der Waals surface area contributed by atoms with E-state index >= 15 is 0 Å². The molecule has 0 bridgehead atoms. The zero-order valence-electron chi connectivity index (χ0n) is 18.7. The van der Waals surface area contributed by atoms with E-state index in [1.807, 2.05) is 26.1 Å². The molecule has 0 N–H and O–H groups in total. The Kier molecular flexibility index (Phi) is 10.5. The first-order chi connectivity index (χ1) is 12.4. The second kappa shape index (κ2) is 11.5. The zero-order valence-corrected chi connectivity index (χ0v) is 18.7. The highest BCUT2D eigenvalue weighted by Gasteiger charge is 2.14. The third-order valence-corrected chi connectivity index (χ3v) is 4.10. The quantitative estimate of drug-likeness (QED) is 0.542. The Labute approximate surface area is 166 Å². The highest BCUT2D eigenvalue weighted by atomic mass is 16.1. The number of ketones is 1. The lowest BCUT2D eigenvalue weighted by atomic mass is 9.84. The van der Waals surface area contributed by atoms with Crippen molar-refractivity contribution >= 4 is 5.78 Å². The summed E-state index contributed by atoms with van der Waals surface area (Å²) in [6, 6.07) is 10.9. The highest BCUT2D eigenvalue weighted by Crippen LogP contribution is 2.27. The van der Waals surface area contributed by atoms with Gasteiger partial charge < -0.3 is 0 Å². The zero-order chi connectivity index (χ0) is 21.2. The molecule has 0 radical (unpaired) electrons. The van der Waals surface area contributed by atoms with Crippen LogP contribution in [-0.2, 0) is 10.2 Å². The Balaban J connectivity index is 0.000000437. The molecule has 0 saturated carbocycles. The monoisotopic (exact) mass is 367 g/mol. The highest BCUT2D eigenvalue weighted by molar-refractivity contribution is 5.86. The Morgan fingerprint density at radius 3 is 1.93 bits per heavy atom. The van der Waals surface area contributed by atoms with E-state index in [4.69, 9.17) is 0 Å². The van der Waals surface area contributed by atoms with Gasteiger partial charge in [0.25, 0.3) is 0 Å². The van der Waals surface area contributed by atoms with Gasteiger partial charge in [0.2, 0.25) is 0 Å². The van der Waals surface area contributed by atoms with Crippen LogP contribution in [0.1, 0.15) is 75.4 Å². The molecule has 0 amide bonds. The maximum absolute atomic E-state index is 9.69. The Morgan fingerprint density at radius 2 is 1.63 bits per heavy atom. The molecule has 0 unspecified atom stereocenters. The van der Waals surface area contributed by atoms with Crippen molar-refractivity contribution in [2.75, 3.05) is 0 Å². The van der Waals surface area contributed by atoms with Gasteiger partial charge in [-0.05, 0) is 73.4 Å². The number of allylic oxidation sites excluding steroid dienone is 1. The largest absolute Gasteiger partial charge is 0.295 e. The Hall–Kier alpha value is -2.22. The molecule has 0 atom stereocenters. The van der Waals surface area contributed by atoms with Crippen LogP contribution in [0.2, 0.25) is 0 Å². The van der Waals surface area contributed by atoms with Crippen molar-refractivity contribution in [3.63, 3.8) is 0 Å². The minimum Gasteiger partial charge on any atom is -0.295 e. The molecule has 0 fully saturated rings. The van der Waals surface area contributed by atoms with Crippen LogP contribution in [0.4, 0.5) is 0 Å². The van der Waals surface area contributed by atoms with E-state index < -0.39 is 0 Å². The minimum atomic E-state index is 0.0185. The first-order valence-electron chi connectivity index (χ1n) is 9.51. The van der Waals surface area contributed by atoms with Crippen LogP contribution in [0.25, 0.3) is 0 Å². The van der Waals surface area contributed by atoms with Crippen LogP contribution >= 0.6 is 0 Å². The van der Waals surface area contributed by atoms with Gasteiger partial charge in [0, 0.05) is 11.9 Å². The lowest BCUT2D eigenvalue weighted by Gasteiger charge is -2.21. The van der Waals surface area contributed by atoms with E-state index in [-0.39, 0.29) is 11.2 Å². The SMILES string of the molecule is C=CC(C)=O.Cc1cc(C(C)(C)C)ccc1C(C)C.Cc1ccc(C)nc1. The molecule has 2 heteroatoms. The van der Waals surface area contributed by atoms with Crippen molar-refractivity contribution in [1.29, 1.82) is 0 Å². The summed E-state index contributed by atoms with van der Waals surface area (Å²) in [6.45, 7) is 22.2. The van der Waals surface area contributed by atoms with Gasteiger partial charge in [0.15, 0.2) is 5.78 Å². The summed E-state index contributed by atoms with van der Waals surface area (Å²) in [5.74, 6) is 0.647. The number of aryl methyl sites for hydroxylation is 3. The van der Waals surface area contributed by atoms with Crippen molar-refractivity contribution < 1.29 is 4.79 Å². The van der Waals surface area contributed by atoms with Crippen molar-refractivity contribution in [2.24, 2.45) is 0 Å². The van der Waals surface area contributed by atoms with Gasteiger partial charge in [-0.3, -0.25) is 9.78 Å². The van der Waals surface area contributed by atoms with E-state index in [0.717, 1.165) is 5.69 Å². The molecule has 0 saturated heterocycles. The molecule has 2 aromatic rings. The average Bonchev–Trinajstić information content (AvgIpc) is 2.57. The van der Waals surface area contributed by atoms with Crippen LogP contribution in [0, 0.1) is 20.8 Å². The molecule has 27 heavy (non-hydrogen) atoms. The number of rotatable bonds is 2. The summed E-state index contributed by atoms with van der Waals surface area (Å²) in [6.07, 6.45) is 3.15. The lowest BCUT2D eigenvalue weighted by Crippen LogP contribution is -2.11. The summed E-state index contributed by atoms with van der Waals surface area (Å²) < 4.78 is 0.